The molecule has 0 fully saturated rings. The highest BCUT2D eigenvalue weighted by atomic mass is 35.5. The van der Waals surface area contributed by atoms with Gasteiger partial charge < -0.3 is 10.6 Å². The lowest BCUT2D eigenvalue weighted by Gasteiger charge is -2.08. The van der Waals surface area contributed by atoms with Crippen LogP contribution < -0.4 is 10.6 Å². The Morgan fingerprint density at radius 2 is 1.69 bits per heavy atom. The van der Waals surface area contributed by atoms with E-state index in [-0.39, 0.29) is 24.0 Å². The van der Waals surface area contributed by atoms with Crippen molar-refractivity contribution in [2.24, 2.45) is 0 Å². The van der Waals surface area contributed by atoms with Gasteiger partial charge in [0.1, 0.15) is 17.3 Å². The number of nitrogens with zero attached hydrogens (tertiary/aromatic N) is 2. The molecule has 0 radical (unpaired) electrons. The summed E-state index contributed by atoms with van der Waals surface area (Å²) in [4.78, 5) is 20.4. The summed E-state index contributed by atoms with van der Waals surface area (Å²) in [6, 6.07) is 13.8. The normalized spacial score (nSPS) is 10.4. The van der Waals surface area contributed by atoms with Crippen molar-refractivity contribution in [2.45, 2.75) is 13.1 Å². The van der Waals surface area contributed by atoms with Crippen LogP contribution in [0, 0.1) is 5.82 Å². The molecule has 1 amide bonds. The molecule has 0 bridgehead atoms. The van der Waals surface area contributed by atoms with E-state index in [0.29, 0.717) is 22.9 Å². The minimum absolute atomic E-state index is 0.188. The van der Waals surface area contributed by atoms with Crippen LogP contribution in [0.4, 0.5) is 10.2 Å². The summed E-state index contributed by atoms with van der Waals surface area (Å²) < 4.78 is 13.6. The zero-order chi connectivity index (χ0) is 18.4. The first-order valence-corrected chi connectivity index (χ1v) is 8.32. The van der Waals surface area contributed by atoms with Gasteiger partial charge in [-0.05, 0) is 17.7 Å². The number of carbonyl (C=O) groups is 1. The van der Waals surface area contributed by atoms with Gasteiger partial charge in [-0.1, -0.05) is 48.0 Å². The summed E-state index contributed by atoms with van der Waals surface area (Å²) in [7, 11) is 0. The Morgan fingerprint density at radius 3 is 2.38 bits per heavy atom. The number of rotatable bonds is 6. The largest absolute Gasteiger partial charge is 0.365 e. The van der Waals surface area contributed by atoms with Crippen molar-refractivity contribution in [3.8, 4) is 0 Å². The number of halogens is 2. The summed E-state index contributed by atoms with van der Waals surface area (Å²) >= 11 is 6.06. The molecule has 0 spiro atoms. The number of aromatic nitrogens is 2. The third kappa shape index (κ3) is 4.55. The number of nitrogens with one attached hydrogen (secondary N) is 2. The van der Waals surface area contributed by atoms with E-state index in [4.69, 9.17) is 11.6 Å². The number of hydrogen-bond donors (Lipinski definition) is 2. The maximum absolute atomic E-state index is 13.6. The van der Waals surface area contributed by atoms with Crippen LogP contribution in [-0.2, 0) is 13.1 Å². The highest BCUT2D eigenvalue weighted by Crippen LogP contribution is 2.14. The number of carbonyl (C=O) groups excluding carboxylic acids is 1. The summed E-state index contributed by atoms with van der Waals surface area (Å²) in [6.45, 7) is 0.576. The van der Waals surface area contributed by atoms with Crippen molar-refractivity contribution >= 4 is 23.3 Å². The van der Waals surface area contributed by atoms with Gasteiger partial charge in [-0.2, -0.15) is 0 Å². The molecule has 2 aromatic carbocycles. The maximum atomic E-state index is 13.6. The maximum Gasteiger partial charge on any atom is 0.271 e. The quantitative estimate of drug-likeness (QED) is 0.692. The molecule has 1 aromatic heterocycles. The summed E-state index contributed by atoms with van der Waals surface area (Å²) in [5, 5.41) is 6.30. The lowest BCUT2D eigenvalue weighted by Crippen LogP contribution is -2.24. The number of anilines is 1. The fourth-order valence-corrected chi connectivity index (χ4v) is 2.47. The molecule has 5 nitrogen and oxygen atoms in total. The third-order valence-electron chi connectivity index (χ3n) is 3.70. The molecule has 0 saturated heterocycles. The second-order valence-corrected chi connectivity index (χ2v) is 5.91. The summed E-state index contributed by atoms with van der Waals surface area (Å²) in [5.74, 6) is -0.183. The van der Waals surface area contributed by atoms with E-state index in [9.17, 15) is 9.18 Å². The van der Waals surface area contributed by atoms with Gasteiger partial charge >= 0.3 is 0 Å². The minimum Gasteiger partial charge on any atom is -0.365 e. The molecule has 0 aliphatic carbocycles. The van der Waals surface area contributed by atoms with Gasteiger partial charge in [0.05, 0.1) is 12.4 Å². The van der Waals surface area contributed by atoms with Crippen LogP contribution in [0.1, 0.15) is 21.6 Å². The molecule has 0 unspecified atom stereocenters. The molecule has 0 aliphatic rings. The summed E-state index contributed by atoms with van der Waals surface area (Å²) in [6.07, 6.45) is 2.80. The highest BCUT2D eigenvalue weighted by molar-refractivity contribution is 6.31. The van der Waals surface area contributed by atoms with Gasteiger partial charge in [0.15, 0.2) is 0 Å². The topological polar surface area (TPSA) is 66.9 Å². The minimum atomic E-state index is -0.349. The van der Waals surface area contributed by atoms with Crippen LogP contribution in [0.2, 0.25) is 5.02 Å². The number of benzene rings is 2. The van der Waals surface area contributed by atoms with E-state index >= 15 is 0 Å². The van der Waals surface area contributed by atoms with Gasteiger partial charge in [-0.3, -0.25) is 4.79 Å². The predicted molar refractivity (Wildman–Crippen MR) is 98.4 cm³/mol. The molecule has 132 valence electrons. The second-order valence-electron chi connectivity index (χ2n) is 5.51. The second kappa shape index (κ2) is 8.40. The van der Waals surface area contributed by atoms with Crippen LogP contribution in [0.5, 0.6) is 0 Å². The zero-order valence-corrected chi connectivity index (χ0v) is 14.5. The van der Waals surface area contributed by atoms with E-state index in [2.05, 4.69) is 20.6 Å². The third-order valence-corrected chi connectivity index (χ3v) is 4.07. The van der Waals surface area contributed by atoms with E-state index < -0.39 is 0 Å². The van der Waals surface area contributed by atoms with Gasteiger partial charge in [0.2, 0.25) is 0 Å². The Kier molecular flexibility index (Phi) is 5.76. The average Bonchev–Trinajstić information content (AvgIpc) is 2.67. The van der Waals surface area contributed by atoms with Gasteiger partial charge in [-0.15, -0.1) is 0 Å². The molecular weight excluding hydrogens is 355 g/mol. The van der Waals surface area contributed by atoms with Crippen molar-refractivity contribution in [2.75, 3.05) is 5.32 Å². The van der Waals surface area contributed by atoms with Crippen molar-refractivity contribution in [1.29, 1.82) is 0 Å². The van der Waals surface area contributed by atoms with Crippen molar-refractivity contribution < 1.29 is 9.18 Å². The molecule has 1 heterocycles. The van der Waals surface area contributed by atoms with E-state index in [1.807, 2.05) is 18.2 Å². The molecule has 7 heteroatoms. The number of amides is 1. The molecule has 0 aliphatic heterocycles. The molecule has 26 heavy (non-hydrogen) atoms. The molecule has 3 aromatic rings. The molecule has 0 atom stereocenters. The van der Waals surface area contributed by atoms with E-state index in [0.717, 1.165) is 5.56 Å². The lowest BCUT2D eigenvalue weighted by molar-refractivity contribution is 0.0945. The fourth-order valence-electron chi connectivity index (χ4n) is 2.27. The fraction of sp³-hybridized carbons (Fsp3) is 0.105. The van der Waals surface area contributed by atoms with Crippen LogP contribution in [0.15, 0.2) is 60.9 Å². The average molecular weight is 371 g/mol. The van der Waals surface area contributed by atoms with Crippen molar-refractivity contribution in [1.82, 2.24) is 15.3 Å². The van der Waals surface area contributed by atoms with Crippen LogP contribution >= 0.6 is 11.6 Å². The predicted octanol–water partition coefficient (Wildman–Crippen LogP) is 3.81. The van der Waals surface area contributed by atoms with Gasteiger partial charge in [0.25, 0.3) is 5.91 Å². The van der Waals surface area contributed by atoms with E-state index in [1.54, 1.807) is 24.3 Å². The Balaban J connectivity index is 1.56. The first-order valence-electron chi connectivity index (χ1n) is 7.94. The number of hydrogen-bond acceptors (Lipinski definition) is 4. The van der Waals surface area contributed by atoms with Crippen molar-refractivity contribution in [3.05, 3.63) is 88.6 Å². The highest BCUT2D eigenvalue weighted by Gasteiger charge is 2.09. The molecule has 2 N–H and O–H groups in total. The molecule has 0 saturated carbocycles. The van der Waals surface area contributed by atoms with Gasteiger partial charge in [0, 0.05) is 23.7 Å². The Hall–Kier alpha value is -2.99. The first-order chi connectivity index (χ1) is 12.6. The van der Waals surface area contributed by atoms with Crippen LogP contribution in [0.3, 0.4) is 0 Å². The molecular formula is C19H16ClFN4O. The Bertz CT molecular complexity index is 902. The SMILES string of the molecule is O=C(NCc1ccccc1Cl)c1cnc(NCc2ccccc2F)cn1. The van der Waals surface area contributed by atoms with E-state index in [1.165, 1.54) is 18.5 Å². The van der Waals surface area contributed by atoms with Gasteiger partial charge in [-0.25, -0.2) is 14.4 Å². The van der Waals surface area contributed by atoms with Crippen LogP contribution in [0.25, 0.3) is 0 Å². The van der Waals surface area contributed by atoms with Crippen molar-refractivity contribution in [3.63, 3.8) is 0 Å². The molecule has 3 rings (SSSR count). The Labute approximate surface area is 155 Å². The van der Waals surface area contributed by atoms with Crippen LogP contribution in [-0.4, -0.2) is 15.9 Å². The monoisotopic (exact) mass is 370 g/mol. The smallest absolute Gasteiger partial charge is 0.271 e. The summed E-state index contributed by atoms with van der Waals surface area (Å²) in [5.41, 5.74) is 1.53. The zero-order valence-electron chi connectivity index (χ0n) is 13.7. The first kappa shape index (κ1) is 17.8. The Morgan fingerprint density at radius 1 is 0.962 bits per heavy atom. The standard InChI is InChI=1S/C19H16ClFN4O/c20-15-7-3-1-5-13(15)9-25-19(26)17-11-24-18(12-22-17)23-10-14-6-2-4-8-16(14)21/h1-8,11-12H,9-10H2,(H,23,24)(H,25,26). The lowest BCUT2D eigenvalue weighted by atomic mass is 10.2.